The minimum absolute atomic E-state index is 0.161. The number of benzene rings is 2. The van der Waals surface area contributed by atoms with Crippen LogP contribution in [-0.2, 0) is 13.0 Å². The number of hydrogen-bond acceptors (Lipinski definition) is 5. The van der Waals surface area contributed by atoms with Crippen LogP contribution < -0.4 is 10.6 Å². The fourth-order valence-corrected chi connectivity index (χ4v) is 3.16. The van der Waals surface area contributed by atoms with Gasteiger partial charge < -0.3 is 10.6 Å². The Morgan fingerprint density at radius 2 is 1.81 bits per heavy atom. The predicted molar refractivity (Wildman–Crippen MR) is 106 cm³/mol. The average molecular weight is 380 g/mol. The molecule has 2 amide bonds. The van der Waals surface area contributed by atoms with Gasteiger partial charge in [0, 0.05) is 17.8 Å². The summed E-state index contributed by atoms with van der Waals surface area (Å²) in [6, 6.07) is 14.7. The lowest BCUT2D eigenvalue weighted by molar-refractivity contribution is 0.0950. The molecule has 0 bridgehead atoms. The maximum Gasteiger partial charge on any atom is 0.286 e. The van der Waals surface area contributed by atoms with Gasteiger partial charge in [-0.25, -0.2) is 0 Å². The van der Waals surface area contributed by atoms with Crippen molar-refractivity contribution < 1.29 is 9.59 Å². The molecule has 0 saturated heterocycles. The van der Waals surface area contributed by atoms with E-state index < -0.39 is 0 Å². The second-order valence-corrected chi connectivity index (χ2v) is 7.12. The fraction of sp³-hybridized carbons (Fsp3) is 0.200. The molecule has 27 heavy (non-hydrogen) atoms. The highest BCUT2D eigenvalue weighted by molar-refractivity contribution is 7.13. The maximum absolute atomic E-state index is 12.3. The van der Waals surface area contributed by atoms with Crippen molar-refractivity contribution in [1.82, 2.24) is 15.5 Å². The van der Waals surface area contributed by atoms with E-state index in [1.807, 2.05) is 38.1 Å². The van der Waals surface area contributed by atoms with Gasteiger partial charge in [-0.2, -0.15) is 0 Å². The van der Waals surface area contributed by atoms with E-state index in [4.69, 9.17) is 0 Å². The van der Waals surface area contributed by atoms with E-state index in [1.165, 1.54) is 11.3 Å². The topological polar surface area (TPSA) is 84.0 Å². The van der Waals surface area contributed by atoms with Crippen LogP contribution in [0.2, 0.25) is 0 Å². The van der Waals surface area contributed by atoms with E-state index in [0.29, 0.717) is 22.8 Å². The summed E-state index contributed by atoms with van der Waals surface area (Å²) in [7, 11) is 0. The van der Waals surface area contributed by atoms with E-state index in [9.17, 15) is 9.59 Å². The molecule has 1 heterocycles. The number of carbonyl (C=O) groups is 2. The van der Waals surface area contributed by atoms with Crippen LogP contribution in [0.25, 0.3) is 0 Å². The Kier molecular flexibility index (Phi) is 5.93. The summed E-state index contributed by atoms with van der Waals surface area (Å²) in [5.74, 6) is -0.463. The highest BCUT2D eigenvalue weighted by Gasteiger charge is 2.13. The first kappa shape index (κ1) is 18.7. The van der Waals surface area contributed by atoms with Gasteiger partial charge in [0.1, 0.15) is 5.01 Å². The molecule has 0 spiro atoms. The Bertz CT molecular complexity index is 951. The number of amides is 2. The monoisotopic (exact) mass is 380 g/mol. The number of aryl methyl sites for hydroxylation is 2. The SMILES string of the molecule is CCc1nnc(C(=O)Nc2ccc(C(=O)NCc3cccc(C)c3)cc2)s1. The number of anilines is 1. The summed E-state index contributed by atoms with van der Waals surface area (Å²) in [6.45, 7) is 4.45. The van der Waals surface area contributed by atoms with Gasteiger partial charge in [-0.15, -0.1) is 10.2 Å². The number of nitrogens with one attached hydrogen (secondary N) is 2. The van der Waals surface area contributed by atoms with Crippen molar-refractivity contribution in [3.8, 4) is 0 Å². The Labute approximate surface area is 161 Å². The number of carbonyl (C=O) groups excluding carboxylic acids is 2. The molecule has 2 aromatic carbocycles. The summed E-state index contributed by atoms with van der Waals surface area (Å²) < 4.78 is 0. The second-order valence-electron chi connectivity index (χ2n) is 6.06. The number of nitrogens with zero attached hydrogens (tertiary/aromatic N) is 2. The third kappa shape index (κ3) is 4.98. The fourth-order valence-electron chi connectivity index (χ4n) is 2.48. The number of hydrogen-bond donors (Lipinski definition) is 2. The average Bonchev–Trinajstić information content (AvgIpc) is 3.16. The van der Waals surface area contributed by atoms with Gasteiger partial charge in [0.2, 0.25) is 5.01 Å². The molecule has 0 atom stereocenters. The first-order valence-corrected chi connectivity index (χ1v) is 9.44. The van der Waals surface area contributed by atoms with Crippen molar-refractivity contribution in [2.45, 2.75) is 26.8 Å². The van der Waals surface area contributed by atoms with Crippen molar-refractivity contribution in [2.75, 3.05) is 5.32 Å². The zero-order valence-corrected chi connectivity index (χ0v) is 16.0. The third-order valence-corrected chi connectivity index (χ3v) is 4.97. The van der Waals surface area contributed by atoms with Crippen LogP contribution >= 0.6 is 11.3 Å². The molecular weight excluding hydrogens is 360 g/mol. The lowest BCUT2D eigenvalue weighted by Crippen LogP contribution is -2.22. The molecule has 0 fully saturated rings. The minimum atomic E-state index is -0.302. The Hall–Kier alpha value is -3.06. The molecule has 7 heteroatoms. The van der Waals surface area contributed by atoms with Crippen molar-refractivity contribution >= 4 is 28.8 Å². The van der Waals surface area contributed by atoms with Crippen LogP contribution in [0.5, 0.6) is 0 Å². The lowest BCUT2D eigenvalue weighted by atomic mass is 10.1. The molecule has 0 unspecified atom stereocenters. The lowest BCUT2D eigenvalue weighted by Gasteiger charge is -2.07. The molecule has 0 aliphatic rings. The third-order valence-electron chi connectivity index (χ3n) is 3.90. The van der Waals surface area contributed by atoms with Gasteiger partial charge in [0.05, 0.1) is 0 Å². The quantitative estimate of drug-likeness (QED) is 0.684. The van der Waals surface area contributed by atoms with Gasteiger partial charge in [0.25, 0.3) is 11.8 Å². The summed E-state index contributed by atoms with van der Waals surface area (Å²) in [6.07, 6.45) is 0.747. The van der Waals surface area contributed by atoms with E-state index >= 15 is 0 Å². The zero-order chi connectivity index (χ0) is 19.2. The summed E-state index contributed by atoms with van der Waals surface area (Å²) in [5.41, 5.74) is 3.34. The minimum Gasteiger partial charge on any atom is -0.348 e. The van der Waals surface area contributed by atoms with Crippen LogP contribution in [0.4, 0.5) is 5.69 Å². The van der Waals surface area contributed by atoms with Crippen LogP contribution in [0, 0.1) is 6.92 Å². The molecule has 2 N–H and O–H groups in total. The Morgan fingerprint density at radius 1 is 1.04 bits per heavy atom. The maximum atomic E-state index is 12.3. The van der Waals surface area contributed by atoms with Gasteiger partial charge in [-0.3, -0.25) is 9.59 Å². The van der Waals surface area contributed by atoms with Gasteiger partial charge in [-0.05, 0) is 43.2 Å². The van der Waals surface area contributed by atoms with Crippen molar-refractivity contribution in [2.24, 2.45) is 0 Å². The highest BCUT2D eigenvalue weighted by Crippen LogP contribution is 2.15. The van der Waals surface area contributed by atoms with Gasteiger partial charge in [0.15, 0.2) is 0 Å². The first-order chi connectivity index (χ1) is 13.0. The number of rotatable bonds is 6. The second kappa shape index (κ2) is 8.55. The predicted octanol–water partition coefficient (Wildman–Crippen LogP) is 3.59. The van der Waals surface area contributed by atoms with Gasteiger partial charge in [-0.1, -0.05) is 48.1 Å². The number of aromatic nitrogens is 2. The van der Waals surface area contributed by atoms with E-state index in [0.717, 1.165) is 22.6 Å². The van der Waals surface area contributed by atoms with Gasteiger partial charge >= 0.3 is 0 Å². The molecule has 0 aliphatic heterocycles. The van der Waals surface area contributed by atoms with Crippen LogP contribution in [0.15, 0.2) is 48.5 Å². The molecule has 0 saturated carbocycles. The molecule has 0 radical (unpaired) electrons. The zero-order valence-electron chi connectivity index (χ0n) is 15.2. The normalized spacial score (nSPS) is 10.4. The molecule has 0 aliphatic carbocycles. The molecule has 1 aromatic heterocycles. The Balaban J connectivity index is 1.57. The first-order valence-electron chi connectivity index (χ1n) is 8.62. The summed E-state index contributed by atoms with van der Waals surface area (Å²) in [5, 5.41) is 14.6. The van der Waals surface area contributed by atoms with Crippen LogP contribution in [-0.4, -0.2) is 22.0 Å². The molecule has 3 aromatic rings. The van der Waals surface area contributed by atoms with Crippen molar-refractivity contribution in [1.29, 1.82) is 0 Å². The van der Waals surface area contributed by atoms with Crippen molar-refractivity contribution in [3.05, 3.63) is 75.2 Å². The Morgan fingerprint density at radius 3 is 2.48 bits per heavy atom. The molecular formula is C20H20N4O2S. The standard InChI is InChI=1S/C20H20N4O2S/c1-3-17-23-24-20(27-17)19(26)22-16-9-7-15(8-10-16)18(25)21-12-14-6-4-5-13(2)11-14/h4-11H,3,12H2,1-2H3,(H,21,25)(H,22,26). The van der Waals surface area contributed by atoms with Crippen LogP contribution in [0.3, 0.4) is 0 Å². The van der Waals surface area contributed by atoms with E-state index in [-0.39, 0.29) is 11.8 Å². The molecule has 138 valence electrons. The van der Waals surface area contributed by atoms with E-state index in [1.54, 1.807) is 24.3 Å². The summed E-state index contributed by atoms with van der Waals surface area (Å²) in [4.78, 5) is 24.4. The highest BCUT2D eigenvalue weighted by atomic mass is 32.1. The molecule has 3 rings (SSSR count). The van der Waals surface area contributed by atoms with Crippen molar-refractivity contribution in [3.63, 3.8) is 0 Å². The smallest absolute Gasteiger partial charge is 0.286 e. The largest absolute Gasteiger partial charge is 0.348 e. The summed E-state index contributed by atoms with van der Waals surface area (Å²) >= 11 is 1.28. The van der Waals surface area contributed by atoms with Crippen LogP contribution in [0.1, 0.15) is 43.2 Å². The molecule has 6 nitrogen and oxygen atoms in total. The van der Waals surface area contributed by atoms with E-state index in [2.05, 4.69) is 20.8 Å².